The quantitative estimate of drug-likeness (QED) is 0.618. The smallest absolute Gasteiger partial charge is 0.278 e. The van der Waals surface area contributed by atoms with Crippen molar-refractivity contribution in [3.8, 4) is 11.5 Å². The Morgan fingerprint density at radius 2 is 1.55 bits per heavy atom. The number of carbonyl (C=O) groups is 2. The molecule has 0 bridgehead atoms. The van der Waals surface area contributed by atoms with Gasteiger partial charge in [-0.2, -0.15) is 0 Å². The number of nitrogens with zero attached hydrogens (tertiary/aromatic N) is 2. The average Bonchev–Trinajstić information content (AvgIpc) is 3.03. The molecule has 4 rings (SSSR count). The van der Waals surface area contributed by atoms with Gasteiger partial charge in [-0.15, -0.1) is 0 Å². The molecular weight excluding hydrogens is 423 g/mol. The molecule has 2 unspecified atom stereocenters. The Balaban J connectivity index is 1.72. The van der Waals surface area contributed by atoms with E-state index in [0.29, 0.717) is 53.3 Å². The molecule has 7 heteroatoms. The molecule has 0 N–H and O–H groups in total. The van der Waals surface area contributed by atoms with Gasteiger partial charge >= 0.3 is 0 Å². The molecule has 0 radical (unpaired) electrons. The lowest BCUT2D eigenvalue weighted by molar-refractivity contribution is -0.138. The summed E-state index contributed by atoms with van der Waals surface area (Å²) in [6.45, 7) is 5.82. The summed E-state index contributed by atoms with van der Waals surface area (Å²) in [5.41, 5.74) is 2.03. The number of likely N-dealkylation sites (tertiary alicyclic amines) is 1. The van der Waals surface area contributed by atoms with E-state index in [4.69, 9.17) is 9.47 Å². The minimum Gasteiger partial charge on any atom is -0.493 e. The number of carbonyl (C=O) groups excluding carboxylic acids is 2. The van der Waals surface area contributed by atoms with Gasteiger partial charge in [-0.25, -0.2) is 4.39 Å². The molecular formula is C26H29FN2O4. The summed E-state index contributed by atoms with van der Waals surface area (Å²) in [6.07, 6.45) is 1.08. The average molecular weight is 453 g/mol. The van der Waals surface area contributed by atoms with Crippen LogP contribution in [0, 0.1) is 17.7 Å². The highest BCUT2D eigenvalue weighted by atomic mass is 19.1. The van der Waals surface area contributed by atoms with Crippen molar-refractivity contribution in [3.05, 3.63) is 65.1 Å². The molecule has 1 fully saturated rings. The van der Waals surface area contributed by atoms with E-state index in [1.165, 1.54) is 17.0 Å². The highest BCUT2D eigenvalue weighted by molar-refractivity contribution is 6.35. The lowest BCUT2D eigenvalue weighted by Gasteiger charge is -2.37. The third-order valence-corrected chi connectivity index (χ3v) is 6.25. The van der Waals surface area contributed by atoms with E-state index < -0.39 is 0 Å². The normalized spacial score (nSPS) is 21.1. The molecule has 2 amide bonds. The zero-order valence-corrected chi connectivity index (χ0v) is 19.4. The fourth-order valence-corrected chi connectivity index (χ4v) is 4.88. The predicted molar refractivity (Wildman–Crippen MR) is 123 cm³/mol. The Hall–Kier alpha value is -3.35. The first-order valence-electron chi connectivity index (χ1n) is 11.1. The van der Waals surface area contributed by atoms with Gasteiger partial charge in [0.2, 0.25) is 0 Å². The van der Waals surface area contributed by atoms with Crippen LogP contribution in [0.1, 0.15) is 31.4 Å². The van der Waals surface area contributed by atoms with Crippen LogP contribution < -0.4 is 9.47 Å². The van der Waals surface area contributed by atoms with Gasteiger partial charge in [0.25, 0.3) is 11.8 Å². The SMILES string of the molecule is COc1ccc(CN2C(=O)C(c3ccc(F)cc3)=C(N3CC(C)CC(C)C3)C2=O)cc1OC. The number of benzene rings is 2. The van der Waals surface area contributed by atoms with E-state index >= 15 is 0 Å². The molecule has 2 atom stereocenters. The highest BCUT2D eigenvalue weighted by Gasteiger charge is 2.42. The van der Waals surface area contributed by atoms with E-state index in [9.17, 15) is 14.0 Å². The second-order valence-corrected chi connectivity index (χ2v) is 8.97. The van der Waals surface area contributed by atoms with Crippen LogP contribution in [0.4, 0.5) is 4.39 Å². The number of hydrogen-bond acceptors (Lipinski definition) is 5. The molecule has 174 valence electrons. The van der Waals surface area contributed by atoms with Crippen LogP contribution in [0.2, 0.25) is 0 Å². The molecule has 0 spiro atoms. The molecule has 2 aromatic carbocycles. The fraction of sp³-hybridized carbons (Fsp3) is 0.385. The first-order chi connectivity index (χ1) is 15.8. The van der Waals surface area contributed by atoms with Gasteiger partial charge < -0.3 is 14.4 Å². The monoisotopic (exact) mass is 452 g/mol. The summed E-state index contributed by atoms with van der Waals surface area (Å²) in [5.74, 6) is 0.817. The lowest BCUT2D eigenvalue weighted by Crippen LogP contribution is -2.41. The van der Waals surface area contributed by atoms with Crippen LogP contribution in [0.15, 0.2) is 48.2 Å². The Morgan fingerprint density at radius 1 is 0.909 bits per heavy atom. The Labute approximate surface area is 193 Å². The van der Waals surface area contributed by atoms with Crippen molar-refractivity contribution in [3.63, 3.8) is 0 Å². The van der Waals surface area contributed by atoms with Gasteiger partial charge in [-0.3, -0.25) is 14.5 Å². The first kappa shape index (κ1) is 22.8. The third kappa shape index (κ3) is 4.45. The summed E-state index contributed by atoms with van der Waals surface area (Å²) in [7, 11) is 3.09. The molecule has 6 nitrogen and oxygen atoms in total. The van der Waals surface area contributed by atoms with Gasteiger partial charge in [-0.05, 0) is 53.6 Å². The van der Waals surface area contributed by atoms with Crippen molar-refractivity contribution in [2.45, 2.75) is 26.8 Å². The minimum absolute atomic E-state index is 0.102. The summed E-state index contributed by atoms with van der Waals surface area (Å²) < 4.78 is 24.2. The van der Waals surface area contributed by atoms with Gasteiger partial charge in [0.15, 0.2) is 11.5 Å². The van der Waals surface area contributed by atoms with E-state index in [1.807, 2.05) is 11.0 Å². The van der Waals surface area contributed by atoms with Gasteiger partial charge in [0.1, 0.15) is 11.5 Å². The molecule has 2 aliphatic heterocycles. The van der Waals surface area contributed by atoms with Crippen LogP contribution in [-0.4, -0.2) is 48.9 Å². The maximum Gasteiger partial charge on any atom is 0.278 e. The standard InChI is InChI=1S/C26H29FN2O4/c1-16-11-17(2)14-28(13-16)24-23(19-6-8-20(27)9-7-19)25(30)29(26(24)31)15-18-5-10-21(32-3)22(12-18)33-4/h5-10,12,16-17H,11,13-15H2,1-4H3. The van der Waals surface area contributed by atoms with E-state index in [0.717, 1.165) is 12.0 Å². The molecule has 0 saturated carbocycles. The molecule has 2 aliphatic rings. The Morgan fingerprint density at radius 3 is 2.15 bits per heavy atom. The van der Waals surface area contributed by atoms with E-state index in [2.05, 4.69) is 13.8 Å². The maximum absolute atomic E-state index is 13.6. The van der Waals surface area contributed by atoms with Gasteiger partial charge in [-0.1, -0.05) is 32.0 Å². The molecule has 0 aliphatic carbocycles. The summed E-state index contributed by atoms with van der Waals surface area (Å²) >= 11 is 0. The Kier molecular flexibility index (Phi) is 6.40. The van der Waals surface area contributed by atoms with Gasteiger partial charge in [0, 0.05) is 13.1 Å². The number of imide groups is 1. The van der Waals surface area contributed by atoms with Crippen LogP contribution >= 0.6 is 0 Å². The highest BCUT2D eigenvalue weighted by Crippen LogP contribution is 2.36. The second kappa shape index (κ2) is 9.25. The van der Waals surface area contributed by atoms with Crippen molar-refractivity contribution in [2.24, 2.45) is 11.8 Å². The second-order valence-electron chi connectivity index (χ2n) is 8.97. The predicted octanol–water partition coefficient (Wildman–Crippen LogP) is 4.10. The van der Waals surface area contributed by atoms with Crippen molar-refractivity contribution < 1.29 is 23.5 Å². The van der Waals surface area contributed by atoms with Crippen LogP contribution in [-0.2, 0) is 16.1 Å². The fourth-order valence-electron chi connectivity index (χ4n) is 4.88. The maximum atomic E-state index is 13.6. The van der Waals surface area contributed by atoms with Crippen molar-refractivity contribution >= 4 is 17.4 Å². The van der Waals surface area contributed by atoms with Crippen LogP contribution in [0.5, 0.6) is 11.5 Å². The molecule has 0 aromatic heterocycles. The number of methoxy groups -OCH3 is 2. The largest absolute Gasteiger partial charge is 0.493 e. The first-order valence-corrected chi connectivity index (χ1v) is 11.1. The zero-order chi connectivity index (χ0) is 23.7. The zero-order valence-electron chi connectivity index (χ0n) is 19.4. The van der Waals surface area contributed by atoms with Crippen molar-refractivity contribution in [1.82, 2.24) is 9.80 Å². The summed E-state index contributed by atoms with van der Waals surface area (Å²) in [4.78, 5) is 30.5. The summed E-state index contributed by atoms with van der Waals surface area (Å²) in [6, 6.07) is 11.1. The number of rotatable bonds is 6. The van der Waals surface area contributed by atoms with Crippen molar-refractivity contribution in [2.75, 3.05) is 27.3 Å². The third-order valence-electron chi connectivity index (χ3n) is 6.25. The number of piperidine rings is 1. The number of amides is 2. The minimum atomic E-state index is -0.389. The molecule has 2 heterocycles. The molecule has 2 aromatic rings. The van der Waals surface area contributed by atoms with Crippen molar-refractivity contribution in [1.29, 1.82) is 0 Å². The topological polar surface area (TPSA) is 59.1 Å². The van der Waals surface area contributed by atoms with Crippen LogP contribution in [0.3, 0.4) is 0 Å². The number of halogens is 1. The lowest BCUT2D eigenvalue weighted by atomic mass is 9.91. The number of hydrogen-bond donors (Lipinski definition) is 0. The Bertz CT molecular complexity index is 1090. The van der Waals surface area contributed by atoms with Gasteiger partial charge in [0.05, 0.1) is 26.3 Å². The summed E-state index contributed by atoms with van der Waals surface area (Å²) in [5, 5.41) is 0. The van der Waals surface area contributed by atoms with Crippen LogP contribution in [0.25, 0.3) is 5.57 Å². The van der Waals surface area contributed by atoms with E-state index in [1.54, 1.807) is 38.5 Å². The molecule has 1 saturated heterocycles. The molecule has 33 heavy (non-hydrogen) atoms. The number of ether oxygens (including phenoxy) is 2. The van der Waals surface area contributed by atoms with E-state index in [-0.39, 0.29) is 24.2 Å².